The van der Waals surface area contributed by atoms with Crippen LogP contribution in [0.3, 0.4) is 0 Å². The molecule has 1 aromatic rings. The third-order valence-electron chi connectivity index (χ3n) is 2.74. The number of nitrogens with one attached hydrogen (secondary N) is 1. The highest BCUT2D eigenvalue weighted by Crippen LogP contribution is 2.09. The minimum atomic E-state index is 1.03. The molecule has 1 aromatic heterocycles. The Hall–Kier alpha value is -0.580. The predicted octanol–water partition coefficient (Wildman–Crippen LogP) is 1.22. The Kier molecular flexibility index (Phi) is 5.12. The molecule has 0 aromatic carbocycles. The van der Waals surface area contributed by atoms with Crippen molar-refractivity contribution in [3.8, 4) is 0 Å². The molecule has 0 atom stereocenters. The second kappa shape index (κ2) is 6.89. The van der Waals surface area contributed by atoms with E-state index in [4.69, 9.17) is 0 Å². The van der Waals surface area contributed by atoms with E-state index in [1.165, 1.54) is 31.1 Å². The number of piperazine rings is 1. The van der Waals surface area contributed by atoms with Crippen LogP contribution in [0.1, 0.15) is 5.69 Å². The van der Waals surface area contributed by atoms with Gasteiger partial charge in [0.1, 0.15) is 0 Å². The van der Waals surface area contributed by atoms with Gasteiger partial charge in [0, 0.05) is 50.4 Å². The third kappa shape index (κ3) is 4.12. The molecular weight excluding hydrogens is 218 g/mol. The molecule has 1 saturated heterocycles. The van der Waals surface area contributed by atoms with E-state index in [1.807, 2.05) is 24.0 Å². The summed E-state index contributed by atoms with van der Waals surface area (Å²) >= 11 is 1.98. The van der Waals surface area contributed by atoms with Crippen molar-refractivity contribution in [2.75, 3.05) is 38.5 Å². The second-order valence-electron chi connectivity index (χ2n) is 3.97. The van der Waals surface area contributed by atoms with Crippen LogP contribution in [-0.4, -0.2) is 48.4 Å². The normalized spacial score (nSPS) is 17.5. The van der Waals surface area contributed by atoms with Crippen LogP contribution in [-0.2, 0) is 5.75 Å². The third-order valence-corrected chi connectivity index (χ3v) is 3.71. The van der Waals surface area contributed by atoms with Crippen molar-refractivity contribution in [1.82, 2.24) is 15.2 Å². The van der Waals surface area contributed by atoms with Crippen molar-refractivity contribution in [2.45, 2.75) is 5.75 Å². The fourth-order valence-corrected chi connectivity index (χ4v) is 2.70. The minimum absolute atomic E-state index is 1.03. The largest absolute Gasteiger partial charge is 0.314 e. The first-order chi connectivity index (χ1) is 7.95. The molecule has 4 heteroatoms. The van der Waals surface area contributed by atoms with Gasteiger partial charge in [0.05, 0.1) is 5.69 Å². The molecule has 2 heterocycles. The SMILES string of the molecule is c1ccc(CSCCN2CCNCC2)nc1. The molecule has 88 valence electrons. The minimum Gasteiger partial charge on any atom is -0.314 e. The van der Waals surface area contributed by atoms with Gasteiger partial charge in [-0.1, -0.05) is 6.07 Å². The average Bonchev–Trinajstić information content (AvgIpc) is 2.37. The zero-order valence-electron chi connectivity index (χ0n) is 9.56. The summed E-state index contributed by atoms with van der Waals surface area (Å²) in [6.07, 6.45) is 1.87. The van der Waals surface area contributed by atoms with E-state index in [0.29, 0.717) is 0 Å². The molecule has 0 bridgehead atoms. The molecule has 3 nitrogen and oxygen atoms in total. The van der Waals surface area contributed by atoms with E-state index in [-0.39, 0.29) is 0 Å². The highest BCUT2D eigenvalue weighted by Gasteiger charge is 2.08. The molecule has 1 aliphatic heterocycles. The fourth-order valence-electron chi connectivity index (χ4n) is 1.79. The van der Waals surface area contributed by atoms with Crippen molar-refractivity contribution in [2.24, 2.45) is 0 Å². The summed E-state index contributed by atoms with van der Waals surface area (Å²) in [5, 5.41) is 3.37. The summed E-state index contributed by atoms with van der Waals surface area (Å²) in [7, 11) is 0. The molecule has 16 heavy (non-hydrogen) atoms. The zero-order chi connectivity index (χ0) is 11.1. The lowest BCUT2D eigenvalue weighted by Gasteiger charge is -2.26. The maximum Gasteiger partial charge on any atom is 0.0502 e. The summed E-state index contributed by atoms with van der Waals surface area (Å²) in [6, 6.07) is 6.12. The smallest absolute Gasteiger partial charge is 0.0502 e. The van der Waals surface area contributed by atoms with Gasteiger partial charge in [-0.05, 0) is 12.1 Å². The molecule has 0 spiro atoms. The Labute approximate surface area is 102 Å². The number of hydrogen-bond acceptors (Lipinski definition) is 4. The van der Waals surface area contributed by atoms with Crippen molar-refractivity contribution >= 4 is 11.8 Å². The Bertz CT molecular complexity index is 286. The van der Waals surface area contributed by atoms with Crippen LogP contribution in [0.5, 0.6) is 0 Å². The van der Waals surface area contributed by atoms with Gasteiger partial charge < -0.3 is 5.32 Å². The molecule has 0 saturated carbocycles. The molecule has 0 amide bonds. The molecular formula is C12H19N3S. The van der Waals surface area contributed by atoms with Gasteiger partial charge >= 0.3 is 0 Å². The summed E-state index contributed by atoms with van der Waals surface area (Å²) in [4.78, 5) is 6.85. The quantitative estimate of drug-likeness (QED) is 0.780. The van der Waals surface area contributed by atoms with Crippen molar-refractivity contribution in [3.05, 3.63) is 30.1 Å². The van der Waals surface area contributed by atoms with Gasteiger partial charge in [-0.15, -0.1) is 0 Å². The van der Waals surface area contributed by atoms with Gasteiger partial charge in [-0.2, -0.15) is 11.8 Å². The first-order valence-corrected chi connectivity index (χ1v) is 7.01. The maximum atomic E-state index is 4.32. The zero-order valence-corrected chi connectivity index (χ0v) is 10.4. The number of rotatable bonds is 5. The van der Waals surface area contributed by atoms with E-state index < -0.39 is 0 Å². The van der Waals surface area contributed by atoms with Gasteiger partial charge in [0.15, 0.2) is 0 Å². The molecule has 0 unspecified atom stereocenters. The highest BCUT2D eigenvalue weighted by molar-refractivity contribution is 7.98. The predicted molar refractivity (Wildman–Crippen MR) is 69.7 cm³/mol. The number of nitrogens with zero attached hydrogens (tertiary/aromatic N) is 2. The van der Waals surface area contributed by atoms with Gasteiger partial charge in [0.2, 0.25) is 0 Å². The van der Waals surface area contributed by atoms with Crippen LogP contribution in [0.2, 0.25) is 0 Å². The monoisotopic (exact) mass is 237 g/mol. The van der Waals surface area contributed by atoms with Crippen molar-refractivity contribution in [3.63, 3.8) is 0 Å². The molecule has 1 fully saturated rings. The van der Waals surface area contributed by atoms with E-state index in [2.05, 4.69) is 27.3 Å². The molecule has 1 aliphatic rings. The number of hydrogen-bond donors (Lipinski definition) is 1. The average molecular weight is 237 g/mol. The van der Waals surface area contributed by atoms with E-state index in [0.717, 1.165) is 18.8 Å². The topological polar surface area (TPSA) is 28.2 Å². The Balaban J connectivity index is 1.58. The molecule has 2 rings (SSSR count). The van der Waals surface area contributed by atoms with Crippen molar-refractivity contribution < 1.29 is 0 Å². The van der Waals surface area contributed by atoms with Crippen LogP contribution in [0.25, 0.3) is 0 Å². The summed E-state index contributed by atoms with van der Waals surface area (Å²) in [5.41, 5.74) is 1.19. The Morgan fingerprint density at radius 3 is 2.94 bits per heavy atom. The Morgan fingerprint density at radius 1 is 1.31 bits per heavy atom. The van der Waals surface area contributed by atoms with E-state index in [1.54, 1.807) is 0 Å². The van der Waals surface area contributed by atoms with Crippen LogP contribution in [0, 0.1) is 0 Å². The molecule has 0 radical (unpaired) electrons. The standard InChI is InChI=1S/C12H19N3S/c1-2-4-14-12(3-1)11-16-10-9-15-7-5-13-6-8-15/h1-4,13H,5-11H2. The van der Waals surface area contributed by atoms with Crippen LogP contribution < -0.4 is 5.32 Å². The lowest BCUT2D eigenvalue weighted by molar-refractivity contribution is 0.255. The van der Waals surface area contributed by atoms with Crippen LogP contribution in [0.4, 0.5) is 0 Å². The number of thioether (sulfide) groups is 1. The first-order valence-electron chi connectivity index (χ1n) is 5.86. The lowest BCUT2D eigenvalue weighted by Crippen LogP contribution is -2.44. The van der Waals surface area contributed by atoms with Crippen LogP contribution in [0.15, 0.2) is 24.4 Å². The highest BCUT2D eigenvalue weighted by atomic mass is 32.2. The molecule has 1 N–H and O–H groups in total. The summed E-state index contributed by atoms with van der Waals surface area (Å²) < 4.78 is 0. The maximum absolute atomic E-state index is 4.32. The van der Waals surface area contributed by atoms with Crippen LogP contribution >= 0.6 is 11.8 Å². The number of aromatic nitrogens is 1. The van der Waals surface area contributed by atoms with Gasteiger partial charge in [-0.3, -0.25) is 9.88 Å². The summed E-state index contributed by atoms with van der Waals surface area (Å²) in [5.74, 6) is 2.24. The van der Waals surface area contributed by atoms with E-state index >= 15 is 0 Å². The first kappa shape index (κ1) is 11.9. The summed E-state index contributed by atoms with van der Waals surface area (Å²) in [6.45, 7) is 5.89. The Morgan fingerprint density at radius 2 is 2.19 bits per heavy atom. The number of pyridine rings is 1. The fraction of sp³-hybridized carbons (Fsp3) is 0.583. The lowest BCUT2D eigenvalue weighted by atomic mass is 10.4. The molecule has 0 aliphatic carbocycles. The van der Waals surface area contributed by atoms with Crippen molar-refractivity contribution in [1.29, 1.82) is 0 Å². The van der Waals surface area contributed by atoms with Gasteiger partial charge in [-0.25, -0.2) is 0 Å². The van der Waals surface area contributed by atoms with E-state index in [9.17, 15) is 0 Å². The van der Waals surface area contributed by atoms with Gasteiger partial charge in [0.25, 0.3) is 0 Å². The second-order valence-corrected chi connectivity index (χ2v) is 5.07.